The third-order valence-corrected chi connectivity index (χ3v) is 3.08. The largest absolute Gasteiger partial charge is 0.398 e. The fourth-order valence-electron chi connectivity index (χ4n) is 1.90. The number of aryl methyl sites for hydroxylation is 1. The van der Waals surface area contributed by atoms with Crippen LogP contribution < -0.4 is 5.73 Å². The van der Waals surface area contributed by atoms with Crippen LogP contribution in [0.15, 0.2) is 30.3 Å². The van der Waals surface area contributed by atoms with Gasteiger partial charge in [-0.3, -0.25) is 0 Å². The number of halogens is 1. The summed E-state index contributed by atoms with van der Waals surface area (Å²) in [4.78, 5) is 12.0. The smallest absolute Gasteiger partial charge is 0.178 e. The van der Waals surface area contributed by atoms with E-state index in [1.165, 1.54) is 0 Å². The molecule has 3 N–H and O–H groups in total. The third kappa shape index (κ3) is 1.71. The molecule has 1 aromatic carbocycles. The number of hydrogen-bond donors (Lipinski definition) is 2. The van der Waals surface area contributed by atoms with Crippen LogP contribution in [0, 0.1) is 6.92 Å². The average molecular weight is 259 g/mol. The van der Waals surface area contributed by atoms with Crippen molar-refractivity contribution >= 4 is 28.5 Å². The first-order chi connectivity index (χ1) is 8.65. The van der Waals surface area contributed by atoms with Crippen molar-refractivity contribution in [3.63, 3.8) is 0 Å². The van der Waals surface area contributed by atoms with Gasteiger partial charge in [0.25, 0.3) is 0 Å². The zero-order chi connectivity index (χ0) is 12.7. The summed E-state index contributed by atoms with van der Waals surface area (Å²) in [6.07, 6.45) is 0. The molecule has 0 saturated heterocycles. The normalized spacial score (nSPS) is 11.0. The molecule has 0 amide bonds. The van der Waals surface area contributed by atoms with E-state index in [-0.39, 0.29) is 0 Å². The van der Waals surface area contributed by atoms with E-state index in [0.717, 1.165) is 16.8 Å². The van der Waals surface area contributed by atoms with Crippen LogP contribution in [0.2, 0.25) is 5.02 Å². The molecule has 4 nitrogen and oxygen atoms in total. The van der Waals surface area contributed by atoms with Gasteiger partial charge in [-0.2, -0.15) is 0 Å². The molecular formula is C13H11ClN4. The number of benzene rings is 1. The van der Waals surface area contributed by atoms with Gasteiger partial charge in [-0.25, -0.2) is 9.97 Å². The molecule has 2 aromatic heterocycles. The molecule has 0 bridgehead atoms. The number of rotatable bonds is 1. The number of hydrogen-bond acceptors (Lipinski definition) is 3. The molecule has 0 spiro atoms. The first-order valence-electron chi connectivity index (χ1n) is 5.53. The lowest BCUT2D eigenvalue weighted by molar-refractivity contribution is 1.22. The van der Waals surface area contributed by atoms with Crippen molar-refractivity contribution in [2.75, 3.05) is 5.73 Å². The highest BCUT2D eigenvalue weighted by molar-refractivity contribution is 6.33. The molecule has 90 valence electrons. The molecule has 18 heavy (non-hydrogen) atoms. The van der Waals surface area contributed by atoms with E-state index >= 15 is 0 Å². The van der Waals surface area contributed by atoms with Gasteiger partial charge in [0.1, 0.15) is 5.82 Å². The lowest BCUT2D eigenvalue weighted by Gasteiger charge is -2.03. The monoisotopic (exact) mass is 258 g/mol. The van der Waals surface area contributed by atoms with Crippen LogP contribution in [0.3, 0.4) is 0 Å². The van der Waals surface area contributed by atoms with Gasteiger partial charge >= 0.3 is 0 Å². The maximum absolute atomic E-state index is 6.16. The molecule has 5 heteroatoms. The highest BCUT2D eigenvalue weighted by Crippen LogP contribution is 2.32. The number of aromatic nitrogens is 3. The Morgan fingerprint density at radius 2 is 2.00 bits per heavy atom. The number of anilines is 1. The van der Waals surface area contributed by atoms with Crippen molar-refractivity contribution in [2.24, 2.45) is 0 Å². The number of imidazole rings is 1. The Hall–Kier alpha value is -2.07. The summed E-state index contributed by atoms with van der Waals surface area (Å²) in [5, 5.41) is 0.575. The SMILES string of the molecule is Cc1ccc2[nH]c(-c3c(N)cccc3Cl)nc2n1. The molecule has 3 rings (SSSR count). The second-order valence-corrected chi connectivity index (χ2v) is 4.52. The van der Waals surface area contributed by atoms with Crippen molar-refractivity contribution in [3.8, 4) is 11.4 Å². The Morgan fingerprint density at radius 3 is 2.78 bits per heavy atom. The van der Waals surface area contributed by atoms with Gasteiger partial charge in [0.15, 0.2) is 5.65 Å². The maximum Gasteiger partial charge on any atom is 0.178 e. The Kier molecular flexibility index (Phi) is 2.45. The average Bonchev–Trinajstić information content (AvgIpc) is 2.71. The van der Waals surface area contributed by atoms with E-state index < -0.39 is 0 Å². The number of fused-ring (bicyclic) bond motifs is 1. The van der Waals surface area contributed by atoms with Gasteiger partial charge in [0.2, 0.25) is 0 Å². The fraction of sp³-hybridized carbons (Fsp3) is 0.0769. The van der Waals surface area contributed by atoms with Gasteiger partial charge < -0.3 is 10.7 Å². The molecule has 0 radical (unpaired) electrons. The maximum atomic E-state index is 6.16. The van der Waals surface area contributed by atoms with Crippen molar-refractivity contribution in [1.82, 2.24) is 15.0 Å². The van der Waals surface area contributed by atoms with Crippen molar-refractivity contribution in [3.05, 3.63) is 41.0 Å². The predicted octanol–water partition coefficient (Wildman–Crippen LogP) is 3.17. The first-order valence-corrected chi connectivity index (χ1v) is 5.90. The summed E-state index contributed by atoms with van der Waals surface area (Å²) in [5.74, 6) is 0.645. The molecular weight excluding hydrogens is 248 g/mol. The number of H-pyrrole nitrogens is 1. The van der Waals surface area contributed by atoms with Crippen LogP contribution in [-0.2, 0) is 0 Å². The summed E-state index contributed by atoms with van der Waals surface area (Å²) in [5.41, 5.74) is 9.72. The van der Waals surface area contributed by atoms with Crippen LogP contribution in [0.4, 0.5) is 5.69 Å². The summed E-state index contributed by atoms with van der Waals surface area (Å²) >= 11 is 6.16. The quantitative estimate of drug-likeness (QED) is 0.659. The Bertz CT molecular complexity index is 713. The molecule has 0 fully saturated rings. The van der Waals surface area contributed by atoms with E-state index in [1.807, 2.05) is 25.1 Å². The summed E-state index contributed by atoms with van der Waals surface area (Å²) in [6.45, 7) is 1.93. The van der Waals surface area contributed by atoms with Gasteiger partial charge in [-0.1, -0.05) is 17.7 Å². The Balaban J connectivity index is 2.26. The third-order valence-electron chi connectivity index (χ3n) is 2.77. The fourth-order valence-corrected chi connectivity index (χ4v) is 2.17. The zero-order valence-electron chi connectivity index (χ0n) is 9.74. The molecule has 0 aliphatic heterocycles. The minimum atomic E-state index is 0.575. The number of aromatic amines is 1. The van der Waals surface area contributed by atoms with Gasteiger partial charge in [-0.05, 0) is 31.2 Å². The van der Waals surface area contributed by atoms with Crippen LogP contribution in [-0.4, -0.2) is 15.0 Å². The number of nitrogens with one attached hydrogen (secondary N) is 1. The van der Waals surface area contributed by atoms with Crippen molar-refractivity contribution in [2.45, 2.75) is 6.92 Å². The minimum Gasteiger partial charge on any atom is -0.398 e. The van der Waals surface area contributed by atoms with Crippen LogP contribution in [0.1, 0.15) is 5.69 Å². The van der Waals surface area contributed by atoms with E-state index in [4.69, 9.17) is 17.3 Å². The summed E-state index contributed by atoms with van der Waals surface area (Å²) in [6, 6.07) is 9.28. The highest BCUT2D eigenvalue weighted by atomic mass is 35.5. The molecule has 0 saturated carbocycles. The molecule has 3 aromatic rings. The van der Waals surface area contributed by atoms with Gasteiger partial charge in [0.05, 0.1) is 16.1 Å². The van der Waals surface area contributed by atoms with E-state index in [2.05, 4.69) is 15.0 Å². The minimum absolute atomic E-state index is 0.575. The first kappa shape index (κ1) is 11.0. The van der Waals surface area contributed by atoms with Gasteiger partial charge in [0, 0.05) is 11.4 Å². The van der Waals surface area contributed by atoms with Crippen LogP contribution in [0.25, 0.3) is 22.6 Å². The topological polar surface area (TPSA) is 67.6 Å². The number of pyridine rings is 1. The van der Waals surface area contributed by atoms with Crippen LogP contribution >= 0.6 is 11.6 Å². The zero-order valence-corrected chi connectivity index (χ0v) is 10.5. The predicted molar refractivity (Wildman–Crippen MR) is 73.5 cm³/mol. The second-order valence-electron chi connectivity index (χ2n) is 4.11. The molecule has 2 heterocycles. The molecule has 0 atom stereocenters. The van der Waals surface area contributed by atoms with Crippen molar-refractivity contribution < 1.29 is 0 Å². The van der Waals surface area contributed by atoms with Crippen molar-refractivity contribution in [1.29, 1.82) is 0 Å². The molecule has 0 unspecified atom stereocenters. The molecule has 0 aliphatic rings. The number of nitrogens with two attached hydrogens (primary N) is 1. The number of nitrogen functional groups attached to an aromatic ring is 1. The Morgan fingerprint density at radius 1 is 1.17 bits per heavy atom. The summed E-state index contributed by atoms with van der Waals surface area (Å²) in [7, 11) is 0. The highest BCUT2D eigenvalue weighted by Gasteiger charge is 2.12. The number of nitrogens with zero attached hydrogens (tertiary/aromatic N) is 2. The summed E-state index contributed by atoms with van der Waals surface area (Å²) < 4.78 is 0. The van der Waals surface area contributed by atoms with Gasteiger partial charge in [-0.15, -0.1) is 0 Å². The second kappa shape index (κ2) is 3.99. The van der Waals surface area contributed by atoms with E-state index in [9.17, 15) is 0 Å². The molecule has 0 aliphatic carbocycles. The lowest BCUT2D eigenvalue weighted by atomic mass is 10.2. The Labute approximate surface area is 109 Å². The van der Waals surface area contributed by atoms with E-state index in [1.54, 1.807) is 12.1 Å². The standard InChI is InChI=1S/C13H11ClN4/c1-7-5-6-10-12(16-7)18-13(17-10)11-8(14)3-2-4-9(11)15/h2-6H,15H2,1H3,(H,16,17,18). The lowest BCUT2D eigenvalue weighted by Crippen LogP contribution is -1.91. The van der Waals surface area contributed by atoms with Crippen LogP contribution in [0.5, 0.6) is 0 Å². The van der Waals surface area contributed by atoms with E-state index in [0.29, 0.717) is 22.2 Å².